The first-order valence-corrected chi connectivity index (χ1v) is 11.9. The average Bonchev–Trinajstić information content (AvgIpc) is 3.42. The highest BCUT2D eigenvalue weighted by Gasteiger charge is 2.31. The summed E-state index contributed by atoms with van der Waals surface area (Å²) in [6.45, 7) is 9.69. The second kappa shape index (κ2) is 10.0. The van der Waals surface area contributed by atoms with Gasteiger partial charge in [-0.1, -0.05) is 25.1 Å². The second-order valence-corrected chi connectivity index (χ2v) is 9.92. The molecule has 7 nitrogen and oxygen atoms in total. The molecule has 1 aromatic heterocycles. The van der Waals surface area contributed by atoms with Crippen molar-refractivity contribution in [2.75, 3.05) is 6.54 Å². The van der Waals surface area contributed by atoms with Crippen LogP contribution in [0.2, 0.25) is 0 Å². The van der Waals surface area contributed by atoms with Gasteiger partial charge < -0.3 is 9.47 Å². The van der Waals surface area contributed by atoms with E-state index in [2.05, 4.69) is 16.9 Å². The molecule has 0 bridgehead atoms. The van der Waals surface area contributed by atoms with E-state index in [0.29, 0.717) is 5.75 Å². The summed E-state index contributed by atoms with van der Waals surface area (Å²) in [6.07, 6.45) is -3.16. The lowest BCUT2D eigenvalue weighted by molar-refractivity contribution is -0.137. The molecule has 3 aromatic rings. The number of ether oxygens (including phenoxy) is 2. The van der Waals surface area contributed by atoms with Crippen molar-refractivity contribution in [2.24, 2.45) is 0 Å². The van der Waals surface area contributed by atoms with Crippen LogP contribution in [0.1, 0.15) is 61.2 Å². The molecule has 0 spiro atoms. The normalized spacial score (nSPS) is 13.9. The highest BCUT2D eigenvalue weighted by molar-refractivity contribution is 5.98. The Bertz CT molecular complexity index is 1310. The van der Waals surface area contributed by atoms with Crippen molar-refractivity contribution in [1.29, 1.82) is 0 Å². The van der Waals surface area contributed by atoms with Crippen molar-refractivity contribution >= 4 is 12.1 Å². The maximum absolute atomic E-state index is 13.2. The van der Waals surface area contributed by atoms with Gasteiger partial charge in [0.2, 0.25) is 0 Å². The molecule has 0 aliphatic carbocycles. The quantitative estimate of drug-likeness (QED) is 0.293. The minimum absolute atomic E-state index is 0.000125. The third-order valence-corrected chi connectivity index (χ3v) is 5.72. The number of rotatable bonds is 5. The van der Waals surface area contributed by atoms with Crippen LogP contribution in [0.15, 0.2) is 48.7 Å². The van der Waals surface area contributed by atoms with Gasteiger partial charge in [-0.3, -0.25) is 4.90 Å². The van der Waals surface area contributed by atoms with E-state index in [1.165, 1.54) is 18.3 Å². The summed E-state index contributed by atoms with van der Waals surface area (Å²) in [5, 5.41) is 4.16. The fourth-order valence-electron chi connectivity index (χ4n) is 4.10. The summed E-state index contributed by atoms with van der Waals surface area (Å²) in [5.74, 6) is -0.474. The van der Waals surface area contributed by atoms with Gasteiger partial charge in [-0.2, -0.15) is 23.0 Å². The Morgan fingerprint density at radius 1 is 1.00 bits per heavy atom. The summed E-state index contributed by atoms with van der Waals surface area (Å²) in [5.41, 5.74) is 0.684. The largest absolute Gasteiger partial charge is 0.442 e. The number of carbonyl (C=O) groups is 2. The van der Waals surface area contributed by atoms with E-state index in [9.17, 15) is 22.8 Å². The van der Waals surface area contributed by atoms with Crippen molar-refractivity contribution in [1.82, 2.24) is 14.7 Å². The molecule has 0 saturated carbocycles. The molecule has 4 rings (SSSR count). The summed E-state index contributed by atoms with van der Waals surface area (Å²) in [7, 11) is 0. The lowest BCUT2D eigenvalue weighted by Gasteiger charge is -2.18. The molecule has 1 aliphatic rings. The molecule has 0 amide bonds. The summed E-state index contributed by atoms with van der Waals surface area (Å²) in [6, 6.07) is 9.58. The maximum Gasteiger partial charge on any atom is 0.435 e. The predicted molar refractivity (Wildman–Crippen MR) is 130 cm³/mol. The van der Waals surface area contributed by atoms with Gasteiger partial charge in [0, 0.05) is 18.7 Å². The molecular formula is C27H28F3N3O4. The van der Waals surface area contributed by atoms with Gasteiger partial charge in [-0.05, 0) is 69.1 Å². The number of alkyl halides is 3. The fraction of sp³-hybridized carbons (Fsp3) is 0.370. The van der Waals surface area contributed by atoms with E-state index >= 15 is 0 Å². The number of hydrogen-bond donors (Lipinski definition) is 0. The van der Waals surface area contributed by atoms with Gasteiger partial charge in [-0.25, -0.2) is 9.59 Å². The highest BCUT2D eigenvalue weighted by Crippen LogP contribution is 2.32. The van der Waals surface area contributed by atoms with Crippen LogP contribution < -0.4 is 4.74 Å². The van der Waals surface area contributed by atoms with Crippen molar-refractivity contribution < 1.29 is 32.2 Å². The zero-order valence-electron chi connectivity index (χ0n) is 21.1. The van der Waals surface area contributed by atoms with Crippen LogP contribution in [0, 0.1) is 0 Å². The van der Waals surface area contributed by atoms with Crippen LogP contribution >= 0.6 is 0 Å². The van der Waals surface area contributed by atoms with Crippen molar-refractivity contribution in [3.8, 4) is 17.0 Å². The molecular weight excluding hydrogens is 487 g/mol. The molecule has 0 radical (unpaired) electrons. The number of carbonyl (C=O) groups excluding carboxylic acids is 2. The molecule has 37 heavy (non-hydrogen) atoms. The molecule has 0 N–H and O–H groups in total. The summed E-state index contributed by atoms with van der Waals surface area (Å²) in [4.78, 5) is 28.1. The number of fused-ring (bicyclic) bond motifs is 1. The van der Waals surface area contributed by atoms with Gasteiger partial charge in [0.25, 0.3) is 0 Å². The number of aromatic nitrogens is 2. The van der Waals surface area contributed by atoms with Crippen LogP contribution in [-0.4, -0.2) is 38.9 Å². The molecule has 0 atom stereocenters. The Balaban J connectivity index is 1.64. The average molecular weight is 516 g/mol. The van der Waals surface area contributed by atoms with Gasteiger partial charge in [-0.15, -0.1) is 0 Å². The Morgan fingerprint density at radius 3 is 2.30 bits per heavy atom. The van der Waals surface area contributed by atoms with E-state index in [-0.39, 0.29) is 16.8 Å². The SMILES string of the molecule is CCCN1Cc2ccc(OC(=O)c3cn(C(=O)OC(C)(C)C)nc3-c3ccc(C(F)(F)F)cc3)cc2C1. The lowest BCUT2D eigenvalue weighted by Crippen LogP contribution is -2.27. The first-order chi connectivity index (χ1) is 17.3. The Labute approximate surface area is 212 Å². The maximum atomic E-state index is 13.2. The standard InChI is InChI=1S/C27H28F3N3O4/c1-5-12-32-14-18-8-11-21(13-19(18)15-32)36-24(34)22-16-33(25(35)37-26(2,3)4)31-23(22)17-6-9-20(10-7-17)27(28,29)30/h6-11,13,16H,5,12,14-15H2,1-4H3. The monoisotopic (exact) mass is 515 g/mol. The van der Waals surface area contributed by atoms with Crippen molar-refractivity contribution in [3.63, 3.8) is 0 Å². The molecule has 2 aromatic carbocycles. The molecule has 196 valence electrons. The van der Waals surface area contributed by atoms with Gasteiger partial charge >= 0.3 is 18.2 Å². The number of esters is 1. The molecule has 10 heteroatoms. The minimum atomic E-state index is -4.52. The van der Waals surface area contributed by atoms with E-state index < -0.39 is 29.4 Å². The van der Waals surface area contributed by atoms with E-state index in [0.717, 1.165) is 54.0 Å². The van der Waals surface area contributed by atoms with Crippen LogP contribution in [0.4, 0.5) is 18.0 Å². The minimum Gasteiger partial charge on any atom is -0.442 e. The summed E-state index contributed by atoms with van der Waals surface area (Å²) >= 11 is 0. The Kier molecular flexibility index (Phi) is 7.14. The second-order valence-electron chi connectivity index (χ2n) is 9.92. The van der Waals surface area contributed by atoms with E-state index in [1.54, 1.807) is 32.9 Å². The van der Waals surface area contributed by atoms with Crippen molar-refractivity contribution in [3.05, 3.63) is 70.9 Å². The lowest BCUT2D eigenvalue weighted by atomic mass is 10.1. The third-order valence-electron chi connectivity index (χ3n) is 5.72. The summed E-state index contributed by atoms with van der Waals surface area (Å²) < 4.78 is 50.9. The zero-order chi connectivity index (χ0) is 27.0. The fourth-order valence-corrected chi connectivity index (χ4v) is 4.10. The first-order valence-electron chi connectivity index (χ1n) is 11.9. The van der Waals surface area contributed by atoms with Crippen LogP contribution in [0.25, 0.3) is 11.3 Å². The molecule has 1 aliphatic heterocycles. The molecule has 2 heterocycles. The first kappa shape index (κ1) is 26.4. The number of hydrogen-bond acceptors (Lipinski definition) is 6. The molecule has 0 unspecified atom stereocenters. The topological polar surface area (TPSA) is 73.7 Å². The Morgan fingerprint density at radius 2 is 1.68 bits per heavy atom. The van der Waals surface area contributed by atoms with Crippen molar-refractivity contribution in [2.45, 2.75) is 59.0 Å². The zero-order valence-corrected chi connectivity index (χ0v) is 21.1. The highest BCUT2D eigenvalue weighted by atomic mass is 19.4. The number of halogens is 3. The van der Waals surface area contributed by atoms with Crippen LogP contribution in [0.5, 0.6) is 5.75 Å². The molecule has 0 saturated heterocycles. The third kappa shape index (κ3) is 6.19. The smallest absolute Gasteiger partial charge is 0.435 e. The van der Waals surface area contributed by atoms with Crippen LogP contribution in [-0.2, 0) is 24.0 Å². The predicted octanol–water partition coefficient (Wildman–Crippen LogP) is 6.30. The van der Waals surface area contributed by atoms with Gasteiger partial charge in [0.1, 0.15) is 22.6 Å². The van der Waals surface area contributed by atoms with Gasteiger partial charge in [0.15, 0.2) is 0 Å². The van der Waals surface area contributed by atoms with Gasteiger partial charge in [0.05, 0.1) is 11.8 Å². The number of benzene rings is 2. The van der Waals surface area contributed by atoms with E-state index in [4.69, 9.17) is 9.47 Å². The van der Waals surface area contributed by atoms with E-state index in [1.807, 2.05) is 6.07 Å². The Hall–Kier alpha value is -3.66. The number of nitrogens with zero attached hydrogens (tertiary/aromatic N) is 3. The molecule has 0 fully saturated rings. The van der Waals surface area contributed by atoms with Crippen LogP contribution in [0.3, 0.4) is 0 Å².